The molecule has 17 heavy (non-hydrogen) atoms. The summed E-state index contributed by atoms with van der Waals surface area (Å²) in [4.78, 5) is 14.8. The number of fused-ring (bicyclic) bond motifs is 1. The number of aromatic amines is 1. The lowest BCUT2D eigenvalue weighted by Crippen LogP contribution is -2.27. The molecule has 0 aliphatic rings. The fraction of sp³-hybridized carbons (Fsp3) is 0.250. The number of benzene rings is 1. The van der Waals surface area contributed by atoms with Crippen LogP contribution >= 0.6 is 11.6 Å². The number of methoxy groups -OCH3 is 1. The summed E-state index contributed by atoms with van der Waals surface area (Å²) in [7, 11) is 1.59. The van der Waals surface area contributed by atoms with Crippen LogP contribution in [0.3, 0.4) is 0 Å². The zero-order valence-corrected chi connectivity index (χ0v) is 10.2. The van der Waals surface area contributed by atoms with Crippen LogP contribution in [0.4, 0.5) is 0 Å². The molecule has 0 saturated heterocycles. The van der Waals surface area contributed by atoms with E-state index in [1.165, 1.54) is 0 Å². The minimum atomic E-state index is -0.158. The predicted octanol–water partition coefficient (Wildman–Crippen LogP) is 2.20. The molecule has 1 heterocycles. The minimum Gasteiger partial charge on any atom is -0.383 e. The van der Waals surface area contributed by atoms with E-state index in [0.29, 0.717) is 23.9 Å². The summed E-state index contributed by atoms with van der Waals surface area (Å²) in [6.45, 7) is 0.977. The van der Waals surface area contributed by atoms with Crippen molar-refractivity contribution < 1.29 is 9.53 Å². The summed E-state index contributed by atoms with van der Waals surface area (Å²) in [5.41, 5.74) is 1.36. The topological polar surface area (TPSA) is 54.1 Å². The van der Waals surface area contributed by atoms with Crippen LogP contribution in [-0.2, 0) is 4.74 Å². The second-order valence-electron chi connectivity index (χ2n) is 3.63. The molecule has 90 valence electrons. The van der Waals surface area contributed by atoms with Gasteiger partial charge in [0.2, 0.25) is 0 Å². The van der Waals surface area contributed by atoms with E-state index in [1.807, 2.05) is 12.1 Å². The van der Waals surface area contributed by atoms with Crippen LogP contribution in [0, 0.1) is 0 Å². The Morgan fingerprint density at radius 2 is 2.35 bits per heavy atom. The molecule has 1 amide bonds. The Labute approximate surface area is 104 Å². The molecule has 0 aliphatic heterocycles. The van der Waals surface area contributed by atoms with Crippen molar-refractivity contribution in [2.24, 2.45) is 0 Å². The number of aromatic nitrogens is 1. The molecule has 2 aromatic rings. The smallest absolute Gasteiger partial charge is 0.267 e. The second-order valence-corrected chi connectivity index (χ2v) is 4.04. The number of carbonyl (C=O) groups excluding carboxylic acids is 1. The maximum Gasteiger partial charge on any atom is 0.267 e. The van der Waals surface area contributed by atoms with Gasteiger partial charge in [0.05, 0.1) is 6.61 Å². The van der Waals surface area contributed by atoms with E-state index < -0.39 is 0 Å². The van der Waals surface area contributed by atoms with Gasteiger partial charge in [-0.25, -0.2) is 0 Å². The van der Waals surface area contributed by atoms with E-state index >= 15 is 0 Å². The molecule has 0 aliphatic carbocycles. The molecule has 0 fully saturated rings. The number of hydrogen-bond acceptors (Lipinski definition) is 2. The van der Waals surface area contributed by atoms with Gasteiger partial charge in [0.1, 0.15) is 5.69 Å². The molecule has 2 N–H and O–H groups in total. The van der Waals surface area contributed by atoms with Gasteiger partial charge in [0, 0.05) is 29.6 Å². The Hall–Kier alpha value is -1.52. The molecular weight excluding hydrogens is 240 g/mol. The Morgan fingerprint density at radius 1 is 1.53 bits per heavy atom. The lowest BCUT2D eigenvalue weighted by atomic mass is 10.2. The molecule has 0 radical (unpaired) electrons. The van der Waals surface area contributed by atoms with E-state index in [2.05, 4.69) is 10.3 Å². The average molecular weight is 253 g/mol. The molecule has 4 nitrogen and oxygen atoms in total. The Bertz CT molecular complexity index is 536. The third-order valence-corrected chi connectivity index (χ3v) is 2.78. The highest BCUT2D eigenvalue weighted by atomic mass is 35.5. The first-order valence-corrected chi connectivity index (χ1v) is 5.64. The molecular formula is C12H13ClN2O2. The van der Waals surface area contributed by atoms with Crippen molar-refractivity contribution in [1.29, 1.82) is 0 Å². The highest BCUT2D eigenvalue weighted by Crippen LogP contribution is 2.23. The van der Waals surface area contributed by atoms with Gasteiger partial charge in [0.15, 0.2) is 0 Å². The second kappa shape index (κ2) is 5.21. The molecule has 2 rings (SSSR count). The van der Waals surface area contributed by atoms with Crippen molar-refractivity contribution in [3.8, 4) is 0 Å². The van der Waals surface area contributed by atoms with Crippen LogP contribution in [0.2, 0.25) is 5.02 Å². The first-order valence-electron chi connectivity index (χ1n) is 5.26. The van der Waals surface area contributed by atoms with Crippen LogP contribution in [-0.4, -0.2) is 31.2 Å². The van der Waals surface area contributed by atoms with Gasteiger partial charge in [-0.1, -0.05) is 17.7 Å². The molecule has 5 heteroatoms. The van der Waals surface area contributed by atoms with Crippen LogP contribution in [0.1, 0.15) is 10.5 Å². The number of rotatable bonds is 4. The third-order valence-electron chi connectivity index (χ3n) is 2.45. The van der Waals surface area contributed by atoms with Gasteiger partial charge in [-0.15, -0.1) is 0 Å². The quantitative estimate of drug-likeness (QED) is 0.820. The number of amides is 1. The summed E-state index contributed by atoms with van der Waals surface area (Å²) in [6.07, 6.45) is 0. The van der Waals surface area contributed by atoms with Crippen molar-refractivity contribution in [2.45, 2.75) is 0 Å². The van der Waals surface area contributed by atoms with Crippen LogP contribution < -0.4 is 5.32 Å². The predicted molar refractivity (Wildman–Crippen MR) is 67.5 cm³/mol. The third kappa shape index (κ3) is 2.60. The number of nitrogens with one attached hydrogen (secondary N) is 2. The van der Waals surface area contributed by atoms with Gasteiger partial charge >= 0.3 is 0 Å². The van der Waals surface area contributed by atoms with Crippen LogP contribution in [0.15, 0.2) is 24.3 Å². The summed E-state index contributed by atoms with van der Waals surface area (Å²) in [5.74, 6) is -0.158. The number of halogens is 1. The first-order chi connectivity index (χ1) is 8.22. The van der Waals surface area contributed by atoms with Crippen LogP contribution in [0.25, 0.3) is 10.9 Å². The fourth-order valence-electron chi connectivity index (χ4n) is 1.60. The van der Waals surface area contributed by atoms with E-state index in [-0.39, 0.29) is 5.91 Å². The first kappa shape index (κ1) is 12.0. The number of H-pyrrole nitrogens is 1. The van der Waals surface area contributed by atoms with Crippen molar-refractivity contribution in [1.82, 2.24) is 10.3 Å². The van der Waals surface area contributed by atoms with E-state index in [0.717, 1.165) is 10.9 Å². The number of carbonyl (C=O) groups is 1. The lowest BCUT2D eigenvalue weighted by molar-refractivity contribution is 0.0933. The van der Waals surface area contributed by atoms with E-state index in [1.54, 1.807) is 19.2 Å². The largest absolute Gasteiger partial charge is 0.383 e. The summed E-state index contributed by atoms with van der Waals surface area (Å²) in [6, 6.07) is 7.27. The number of ether oxygens (including phenoxy) is 1. The van der Waals surface area contributed by atoms with Crippen LogP contribution in [0.5, 0.6) is 0 Å². The molecule has 0 saturated carbocycles. The fourth-order valence-corrected chi connectivity index (χ4v) is 1.83. The summed E-state index contributed by atoms with van der Waals surface area (Å²) < 4.78 is 4.86. The average Bonchev–Trinajstić information content (AvgIpc) is 2.75. The Morgan fingerprint density at radius 3 is 3.06 bits per heavy atom. The van der Waals surface area contributed by atoms with Gasteiger partial charge in [-0.2, -0.15) is 0 Å². The van der Waals surface area contributed by atoms with Gasteiger partial charge in [0.25, 0.3) is 5.91 Å². The van der Waals surface area contributed by atoms with Gasteiger partial charge in [-0.3, -0.25) is 4.79 Å². The normalized spacial score (nSPS) is 10.7. The Balaban J connectivity index is 2.19. The van der Waals surface area contributed by atoms with Gasteiger partial charge in [-0.05, 0) is 18.2 Å². The lowest BCUT2D eigenvalue weighted by Gasteiger charge is -2.01. The standard InChI is InChI=1S/C12H13ClN2O2/c1-17-6-5-14-12(16)11-7-8-9(13)3-2-4-10(8)15-11/h2-4,7,15H,5-6H2,1H3,(H,14,16). The van der Waals surface area contributed by atoms with E-state index in [9.17, 15) is 4.79 Å². The maximum atomic E-state index is 11.8. The maximum absolute atomic E-state index is 11.8. The van der Waals surface area contributed by atoms with E-state index in [4.69, 9.17) is 16.3 Å². The summed E-state index contributed by atoms with van der Waals surface area (Å²) >= 11 is 6.03. The molecule has 0 spiro atoms. The molecule has 1 aromatic heterocycles. The highest BCUT2D eigenvalue weighted by molar-refractivity contribution is 6.35. The van der Waals surface area contributed by atoms with Crippen molar-refractivity contribution in [3.05, 3.63) is 35.0 Å². The molecule has 0 bridgehead atoms. The number of hydrogen-bond donors (Lipinski definition) is 2. The zero-order valence-electron chi connectivity index (χ0n) is 9.42. The SMILES string of the molecule is COCCNC(=O)c1cc2c(Cl)cccc2[nH]1. The summed E-state index contributed by atoms with van der Waals surface area (Å²) in [5, 5.41) is 4.23. The zero-order chi connectivity index (χ0) is 12.3. The van der Waals surface area contributed by atoms with Crippen molar-refractivity contribution in [3.63, 3.8) is 0 Å². The van der Waals surface area contributed by atoms with Gasteiger partial charge < -0.3 is 15.0 Å². The molecule has 0 unspecified atom stereocenters. The molecule has 1 aromatic carbocycles. The molecule has 0 atom stereocenters. The Kier molecular flexibility index (Phi) is 3.66. The highest BCUT2D eigenvalue weighted by Gasteiger charge is 2.10. The van der Waals surface area contributed by atoms with Crippen molar-refractivity contribution in [2.75, 3.05) is 20.3 Å². The monoisotopic (exact) mass is 252 g/mol. The van der Waals surface area contributed by atoms with Crippen molar-refractivity contribution >= 4 is 28.4 Å². The minimum absolute atomic E-state index is 0.158.